The van der Waals surface area contributed by atoms with Gasteiger partial charge >= 0.3 is 0 Å². The van der Waals surface area contributed by atoms with Crippen molar-refractivity contribution in [3.63, 3.8) is 0 Å². The van der Waals surface area contributed by atoms with Crippen LogP contribution in [0, 0.1) is 5.92 Å². The van der Waals surface area contributed by atoms with Gasteiger partial charge in [0, 0.05) is 6.42 Å². The Morgan fingerprint density at radius 1 is 1.35 bits per heavy atom. The van der Waals surface area contributed by atoms with Crippen LogP contribution in [0.1, 0.15) is 17.5 Å². The van der Waals surface area contributed by atoms with Crippen molar-refractivity contribution in [1.29, 1.82) is 0 Å². The van der Waals surface area contributed by atoms with Gasteiger partial charge in [0.25, 0.3) is 0 Å². The standard InChI is InChI=1S/C15H21NO3S/c17-20(18)8-5-13(11-20)10-16-6-3-12-1-2-15-14(9-12)4-7-19-15/h1-2,9,13,16H,3-8,10-11H2. The van der Waals surface area contributed by atoms with Crippen LogP contribution in [0.3, 0.4) is 0 Å². The lowest BCUT2D eigenvalue weighted by Crippen LogP contribution is -2.25. The molecule has 2 aliphatic rings. The van der Waals surface area contributed by atoms with Gasteiger partial charge in [-0.2, -0.15) is 0 Å². The van der Waals surface area contributed by atoms with E-state index in [9.17, 15) is 8.42 Å². The Balaban J connectivity index is 1.42. The third-order valence-corrected chi connectivity index (χ3v) is 5.94. The maximum atomic E-state index is 11.4. The molecule has 1 saturated heterocycles. The largest absolute Gasteiger partial charge is 0.493 e. The second-order valence-corrected chi connectivity index (χ2v) is 7.99. The monoisotopic (exact) mass is 295 g/mol. The molecule has 5 heteroatoms. The topological polar surface area (TPSA) is 55.4 Å². The number of rotatable bonds is 5. The molecular formula is C15H21NO3S. The summed E-state index contributed by atoms with van der Waals surface area (Å²) >= 11 is 0. The average Bonchev–Trinajstić information content (AvgIpc) is 3.00. The summed E-state index contributed by atoms with van der Waals surface area (Å²) in [6, 6.07) is 6.40. The highest BCUT2D eigenvalue weighted by Gasteiger charge is 2.27. The molecule has 4 nitrogen and oxygen atoms in total. The maximum Gasteiger partial charge on any atom is 0.150 e. The van der Waals surface area contributed by atoms with Crippen molar-refractivity contribution in [2.24, 2.45) is 5.92 Å². The Labute approximate surface area is 120 Å². The second kappa shape index (κ2) is 5.74. The van der Waals surface area contributed by atoms with Gasteiger partial charge < -0.3 is 10.1 Å². The molecule has 1 atom stereocenters. The first-order valence-electron chi connectivity index (χ1n) is 7.28. The molecule has 1 aromatic carbocycles. The third kappa shape index (κ3) is 3.33. The van der Waals surface area contributed by atoms with Crippen LogP contribution in [-0.2, 0) is 22.7 Å². The zero-order valence-corrected chi connectivity index (χ0v) is 12.4. The van der Waals surface area contributed by atoms with Crippen molar-refractivity contribution in [1.82, 2.24) is 5.32 Å². The predicted molar refractivity (Wildman–Crippen MR) is 79.0 cm³/mol. The zero-order chi connectivity index (χ0) is 14.0. The van der Waals surface area contributed by atoms with Gasteiger partial charge in [0.2, 0.25) is 0 Å². The first-order valence-corrected chi connectivity index (χ1v) is 9.10. The fraction of sp³-hybridized carbons (Fsp3) is 0.600. The number of hydrogen-bond donors (Lipinski definition) is 1. The summed E-state index contributed by atoms with van der Waals surface area (Å²) in [5, 5.41) is 3.39. The highest BCUT2D eigenvalue weighted by molar-refractivity contribution is 7.91. The minimum atomic E-state index is -2.75. The summed E-state index contributed by atoms with van der Waals surface area (Å²) in [4.78, 5) is 0. The molecule has 0 aromatic heterocycles. The first-order chi connectivity index (χ1) is 9.62. The minimum Gasteiger partial charge on any atom is -0.493 e. The van der Waals surface area contributed by atoms with Gasteiger partial charge in [-0.15, -0.1) is 0 Å². The summed E-state index contributed by atoms with van der Waals surface area (Å²) in [6.45, 7) is 2.51. The molecule has 110 valence electrons. The van der Waals surface area contributed by atoms with Crippen molar-refractivity contribution in [2.75, 3.05) is 31.2 Å². The van der Waals surface area contributed by atoms with E-state index < -0.39 is 9.84 Å². The van der Waals surface area contributed by atoms with Crippen LogP contribution in [0.4, 0.5) is 0 Å². The van der Waals surface area contributed by atoms with Crippen LogP contribution in [0.2, 0.25) is 0 Å². The molecule has 0 saturated carbocycles. The van der Waals surface area contributed by atoms with E-state index in [1.807, 2.05) is 0 Å². The third-order valence-electron chi connectivity index (χ3n) is 4.10. The van der Waals surface area contributed by atoms with Crippen LogP contribution in [0.5, 0.6) is 5.75 Å². The van der Waals surface area contributed by atoms with Gasteiger partial charge in [0.1, 0.15) is 5.75 Å². The summed E-state index contributed by atoms with van der Waals surface area (Å²) in [6.07, 6.45) is 2.80. The van der Waals surface area contributed by atoms with Crippen molar-refractivity contribution in [3.05, 3.63) is 29.3 Å². The summed E-state index contributed by atoms with van der Waals surface area (Å²) in [7, 11) is -2.75. The highest BCUT2D eigenvalue weighted by atomic mass is 32.2. The maximum absolute atomic E-state index is 11.4. The molecule has 3 rings (SSSR count). The fourth-order valence-corrected chi connectivity index (χ4v) is 4.83. The van der Waals surface area contributed by atoms with E-state index in [0.29, 0.717) is 17.4 Å². The Hall–Kier alpha value is -1.07. The Bertz CT molecular complexity index is 583. The van der Waals surface area contributed by atoms with Crippen LogP contribution in [0.25, 0.3) is 0 Å². The van der Waals surface area contributed by atoms with Crippen molar-refractivity contribution in [2.45, 2.75) is 19.3 Å². The molecule has 1 unspecified atom stereocenters. The van der Waals surface area contributed by atoms with Crippen LogP contribution in [-0.4, -0.2) is 39.6 Å². The zero-order valence-electron chi connectivity index (χ0n) is 11.6. The van der Waals surface area contributed by atoms with E-state index >= 15 is 0 Å². The molecule has 20 heavy (non-hydrogen) atoms. The van der Waals surface area contributed by atoms with Gasteiger partial charge in [-0.25, -0.2) is 8.42 Å². The number of hydrogen-bond acceptors (Lipinski definition) is 4. The summed E-state index contributed by atoms with van der Waals surface area (Å²) < 4.78 is 28.2. The SMILES string of the molecule is O=S1(=O)CCC(CNCCc2ccc3c(c2)CCO3)C1. The predicted octanol–water partition coefficient (Wildman–Crippen LogP) is 1.19. The second-order valence-electron chi connectivity index (χ2n) is 5.76. The smallest absolute Gasteiger partial charge is 0.150 e. The first kappa shape index (κ1) is 13.9. The minimum absolute atomic E-state index is 0.299. The average molecular weight is 295 g/mol. The van der Waals surface area contributed by atoms with Gasteiger partial charge in [-0.1, -0.05) is 12.1 Å². The van der Waals surface area contributed by atoms with Crippen molar-refractivity contribution < 1.29 is 13.2 Å². The van der Waals surface area contributed by atoms with Gasteiger partial charge in [0.05, 0.1) is 18.1 Å². The molecule has 1 N–H and O–H groups in total. The van der Waals surface area contributed by atoms with E-state index in [-0.39, 0.29) is 0 Å². The number of fused-ring (bicyclic) bond motifs is 1. The Kier molecular flexibility index (Phi) is 3.98. The molecule has 0 bridgehead atoms. The van der Waals surface area contributed by atoms with Crippen molar-refractivity contribution in [3.8, 4) is 5.75 Å². The molecule has 2 aliphatic heterocycles. The molecule has 0 aliphatic carbocycles. The molecule has 2 heterocycles. The van der Waals surface area contributed by atoms with Crippen molar-refractivity contribution >= 4 is 9.84 Å². The quantitative estimate of drug-likeness (QED) is 0.829. The van der Waals surface area contributed by atoms with E-state index in [1.165, 1.54) is 11.1 Å². The molecule has 0 spiro atoms. The molecule has 1 fully saturated rings. The van der Waals surface area contributed by atoms with Crippen LogP contribution in [0.15, 0.2) is 18.2 Å². The fourth-order valence-electron chi connectivity index (χ4n) is 2.97. The Morgan fingerprint density at radius 2 is 2.25 bits per heavy atom. The Morgan fingerprint density at radius 3 is 3.05 bits per heavy atom. The van der Waals surface area contributed by atoms with E-state index in [4.69, 9.17) is 4.74 Å². The van der Waals surface area contributed by atoms with Crippen LogP contribution >= 0.6 is 0 Å². The number of benzene rings is 1. The molecule has 0 amide bonds. The van der Waals surface area contributed by atoms with Crippen LogP contribution < -0.4 is 10.1 Å². The lowest BCUT2D eigenvalue weighted by molar-refractivity contribution is 0.357. The summed E-state index contributed by atoms with van der Waals surface area (Å²) in [5.74, 6) is 2.05. The van der Waals surface area contributed by atoms with Gasteiger partial charge in [0.15, 0.2) is 9.84 Å². The molecule has 0 radical (unpaired) electrons. The van der Waals surface area contributed by atoms with Gasteiger partial charge in [-0.3, -0.25) is 0 Å². The van der Waals surface area contributed by atoms with Gasteiger partial charge in [-0.05, 0) is 49.0 Å². The number of nitrogens with one attached hydrogen (secondary N) is 1. The highest BCUT2D eigenvalue weighted by Crippen LogP contribution is 2.25. The lowest BCUT2D eigenvalue weighted by atomic mass is 10.1. The molecular weight excluding hydrogens is 274 g/mol. The lowest BCUT2D eigenvalue weighted by Gasteiger charge is -2.10. The number of sulfone groups is 1. The normalized spacial score (nSPS) is 23.5. The van der Waals surface area contributed by atoms with E-state index in [1.54, 1.807) is 0 Å². The molecule has 1 aromatic rings. The summed E-state index contributed by atoms with van der Waals surface area (Å²) in [5.41, 5.74) is 2.63. The van der Waals surface area contributed by atoms with E-state index in [0.717, 1.165) is 44.7 Å². The number of ether oxygens (including phenoxy) is 1. The van der Waals surface area contributed by atoms with E-state index in [2.05, 4.69) is 23.5 Å².